The predicted molar refractivity (Wildman–Crippen MR) is 102 cm³/mol. The van der Waals surface area contributed by atoms with E-state index in [2.05, 4.69) is 32.5 Å². The van der Waals surface area contributed by atoms with Gasteiger partial charge in [-0.3, -0.25) is 9.67 Å². The van der Waals surface area contributed by atoms with Gasteiger partial charge in [0.1, 0.15) is 0 Å². The third-order valence-electron chi connectivity index (χ3n) is 4.51. The number of allylic oxidation sites excluding steroid dienone is 1. The highest BCUT2D eigenvalue weighted by Crippen LogP contribution is 2.27. The van der Waals surface area contributed by atoms with Gasteiger partial charge in [0.2, 0.25) is 0 Å². The summed E-state index contributed by atoms with van der Waals surface area (Å²) in [6.45, 7) is 0.488. The summed E-state index contributed by atoms with van der Waals surface area (Å²) in [5, 5.41) is 16.5. The maximum atomic E-state index is 9.04. The van der Waals surface area contributed by atoms with Gasteiger partial charge in [0.05, 0.1) is 36.4 Å². The van der Waals surface area contributed by atoms with Gasteiger partial charge >= 0.3 is 0 Å². The first-order valence-corrected chi connectivity index (χ1v) is 8.70. The highest BCUT2D eigenvalue weighted by atomic mass is 16.3. The van der Waals surface area contributed by atoms with E-state index >= 15 is 0 Å². The number of aromatic nitrogens is 6. The monoisotopic (exact) mass is 359 g/mol. The van der Waals surface area contributed by atoms with Crippen LogP contribution in [0.4, 0.5) is 11.5 Å². The Hall–Kier alpha value is -3.52. The lowest BCUT2D eigenvalue weighted by atomic mass is 10.1. The normalized spacial score (nSPS) is 12.6. The van der Waals surface area contributed by atoms with Crippen molar-refractivity contribution in [3.8, 4) is 11.3 Å². The van der Waals surface area contributed by atoms with Crippen LogP contribution in [0.1, 0.15) is 11.3 Å². The smallest absolute Gasteiger partial charge is 0.180 e. The first-order chi connectivity index (χ1) is 13.3. The van der Waals surface area contributed by atoms with Gasteiger partial charge in [0, 0.05) is 36.5 Å². The molecule has 1 aliphatic rings. The molecule has 4 aromatic rings. The topological polar surface area (TPSA) is 93.2 Å². The molecule has 27 heavy (non-hydrogen) atoms. The zero-order chi connectivity index (χ0) is 18.2. The van der Waals surface area contributed by atoms with Crippen LogP contribution in [0.3, 0.4) is 0 Å². The Bertz CT molecular complexity index is 1160. The lowest BCUT2D eigenvalue weighted by Crippen LogP contribution is -2.02. The lowest BCUT2D eigenvalue weighted by Gasteiger charge is -2.09. The van der Waals surface area contributed by atoms with Gasteiger partial charge in [0.15, 0.2) is 11.5 Å². The Labute approximate surface area is 154 Å². The van der Waals surface area contributed by atoms with E-state index in [-0.39, 0.29) is 6.61 Å². The summed E-state index contributed by atoms with van der Waals surface area (Å²) >= 11 is 0. The van der Waals surface area contributed by atoms with Crippen molar-refractivity contribution in [3.63, 3.8) is 0 Å². The molecule has 0 unspecified atom stereocenters. The minimum Gasteiger partial charge on any atom is -0.394 e. The standard InChI is InChI=1S/C19H17N7O/c27-7-6-26-11-15(10-22-26)23-18-19-20-4-5-25(19)12-17(24-18)14-8-13-2-1-3-16(13)21-9-14/h1,3-5,8-12,27H,2,6-7H2,(H,23,24). The van der Waals surface area contributed by atoms with Gasteiger partial charge in [-0.15, -0.1) is 0 Å². The van der Waals surface area contributed by atoms with Crippen LogP contribution in [0.25, 0.3) is 23.0 Å². The summed E-state index contributed by atoms with van der Waals surface area (Å²) < 4.78 is 3.61. The minimum absolute atomic E-state index is 0.0412. The summed E-state index contributed by atoms with van der Waals surface area (Å²) in [6, 6.07) is 2.14. The molecule has 8 heteroatoms. The molecule has 134 valence electrons. The average molecular weight is 359 g/mol. The summed E-state index contributed by atoms with van der Waals surface area (Å²) in [7, 11) is 0. The summed E-state index contributed by atoms with van der Waals surface area (Å²) in [6.07, 6.45) is 16.0. The van der Waals surface area contributed by atoms with Crippen molar-refractivity contribution in [1.82, 2.24) is 29.1 Å². The third kappa shape index (κ3) is 2.85. The number of aliphatic hydroxyl groups excluding tert-OH is 1. The molecule has 4 aromatic heterocycles. The highest BCUT2D eigenvalue weighted by molar-refractivity contribution is 5.74. The van der Waals surface area contributed by atoms with E-state index in [1.54, 1.807) is 17.1 Å². The maximum absolute atomic E-state index is 9.04. The molecule has 0 saturated heterocycles. The molecule has 1 aliphatic carbocycles. The molecule has 5 rings (SSSR count). The molecule has 2 N–H and O–H groups in total. The van der Waals surface area contributed by atoms with Crippen LogP contribution in [-0.2, 0) is 13.0 Å². The number of imidazole rings is 1. The van der Waals surface area contributed by atoms with Crippen molar-refractivity contribution in [2.75, 3.05) is 11.9 Å². The summed E-state index contributed by atoms with van der Waals surface area (Å²) in [5.41, 5.74) is 5.52. The lowest BCUT2D eigenvalue weighted by molar-refractivity contribution is 0.269. The van der Waals surface area contributed by atoms with Crippen LogP contribution >= 0.6 is 0 Å². The second-order valence-electron chi connectivity index (χ2n) is 6.35. The highest BCUT2D eigenvalue weighted by Gasteiger charge is 2.13. The molecular formula is C19H17N7O. The van der Waals surface area contributed by atoms with Crippen molar-refractivity contribution < 1.29 is 5.11 Å². The minimum atomic E-state index is 0.0412. The number of anilines is 2. The SMILES string of the molecule is OCCn1cc(Nc2nc(-c3cnc4c(c3)CC=C4)cn3ccnc23)cn1. The van der Waals surface area contributed by atoms with E-state index in [9.17, 15) is 0 Å². The molecule has 0 radical (unpaired) electrons. The van der Waals surface area contributed by atoms with Crippen molar-refractivity contribution >= 4 is 23.2 Å². The largest absolute Gasteiger partial charge is 0.394 e. The van der Waals surface area contributed by atoms with Crippen LogP contribution in [0.15, 0.2) is 49.3 Å². The van der Waals surface area contributed by atoms with Gasteiger partial charge in [0.25, 0.3) is 0 Å². The number of aliphatic hydroxyl groups is 1. The Kier molecular flexibility index (Phi) is 3.68. The summed E-state index contributed by atoms with van der Waals surface area (Å²) in [5.74, 6) is 0.639. The number of hydrogen-bond donors (Lipinski definition) is 2. The van der Waals surface area contributed by atoms with E-state index < -0.39 is 0 Å². The van der Waals surface area contributed by atoms with Crippen LogP contribution < -0.4 is 5.32 Å². The second-order valence-corrected chi connectivity index (χ2v) is 6.35. The Morgan fingerprint density at radius 2 is 2.15 bits per heavy atom. The fourth-order valence-electron chi connectivity index (χ4n) is 3.22. The quantitative estimate of drug-likeness (QED) is 0.568. The number of nitrogens with zero attached hydrogens (tertiary/aromatic N) is 6. The fraction of sp³-hybridized carbons (Fsp3) is 0.158. The molecule has 8 nitrogen and oxygen atoms in total. The zero-order valence-electron chi connectivity index (χ0n) is 14.4. The average Bonchev–Trinajstić information content (AvgIpc) is 3.41. The zero-order valence-corrected chi connectivity index (χ0v) is 14.4. The maximum Gasteiger partial charge on any atom is 0.180 e. The van der Waals surface area contributed by atoms with E-state index in [0.717, 1.165) is 34.7 Å². The number of pyridine rings is 1. The van der Waals surface area contributed by atoms with E-state index in [4.69, 9.17) is 10.1 Å². The van der Waals surface area contributed by atoms with Crippen molar-refractivity contribution in [1.29, 1.82) is 0 Å². The molecule has 4 heterocycles. The number of nitrogens with one attached hydrogen (secondary N) is 1. The third-order valence-corrected chi connectivity index (χ3v) is 4.51. The van der Waals surface area contributed by atoms with E-state index in [0.29, 0.717) is 12.4 Å². The second kappa shape index (κ2) is 6.33. The molecule has 0 amide bonds. The van der Waals surface area contributed by atoms with Crippen LogP contribution in [-0.4, -0.2) is 40.8 Å². The van der Waals surface area contributed by atoms with Crippen LogP contribution in [0.2, 0.25) is 0 Å². The number of fused-ring (bicyclic) bond motifs is 2. The van der Waals surface area contributed by atoms with Crippen molar-refractivity contribution in [2.45, 2.75) is 13.0 Å². The van der Waals surface area contributed by atoms with Gasteiger partial charge in [-0.1, -0.05) is 6.08 Å². The van der Waals surface area contributed by atoms with Gasteiger partial charge in [-0.2, -0.15) is 5.10 Å². The molecule has 0 atom stereocenters. The molecular weight excluding hydrogens is 342 g/mol. The van der Waals surface area contributed by atoms with E-state index in [1.807, 2.05) is 35.3 Å². The first kappa shape index (κ1) is 15.7. The van der Waals surface area contributed by atoms with Crippen molar-refractivity contribution in [3.05, 3.63) is 60.6 Å². The molecule has 0 fully saturated rings. The van der Waals surface area contributed by atoms with Crippen LogP contribution in [0.5, 0.6) is 0 Å². The van der Waals surface area contributed by atoms with Crippen molar-refractivity contribution in [2.24, 2.45) is 0 Å². The molecule has 0 bridgehead atoms. The molecule has 0 saturated carbocycles. The number of hydrogen-bond acceptors (Lipinski definition) is 6. The van der Waals surface area contributed by atoms with E-state index in [1.165, 1.54) is 5.56 Å². The Morgan fingerprint density at radius 1 is 1.19 bits per heavy atom. The van der Waals surface area contributed by atoms with Gasteiger partial charge < -0.3 is 14.8 Å². The fourth-order valence-corrected chi connectivity index (χ4v) is 3.22. The predicted octanol–water partition coefficient (Wildman–Crippen LogP) is 2.29. The van der Waals surface area contributed by atoms with Gasteiger partial charge in [-0.25, -0.2) is 9.97 Å². The molecule has 0 spiro atoms. The van der Waals surface area contributed by atoms with Crippen LogP contribution in [0, 0.1) is 0 Å². The molecule has 0 aromatic carbocycles. The van der Waals surface area contributed by atoms with Gasteiger partial charge in [-0.05, 0) is 24.1 Å². The molecule has 0 aliphatic heterocycles. The Morgan fingerprint density at radius 3 is 3.07 bits per heavy atom. The number of rotatable bonds is 5. The first-order valence-electron chi connectivity index (χ1n) is 8.70. The summed E-state index contributed by atoms with van der Waals surface area (Å²) in [4.78, 5) is 13.7. The Balaban J connectivity index is 1.55.